The predicted molar refractivity (Wildman–Crippen MR) is 79.8 cm³/mol. The summed E-state index contributed by atoms with van der Waals surface area (Å²) in [6.07, 6.45) is 0.657. The third-order valence-electron chi connectivity index (χ3n) is 2.89. The van der Waals surface area contributed by atoms with Gasteiger partial charge in [0, 0.05) is 15.4 Å². The van der Waals surface area contributed by atoms with Crippen LogP contribution in [0.4, 0.5) is 4.39 Å². The first-order chi connectivity index (χ1) is 9.11. The number of halogens is 3. The summed E-state index contributed by atoms with van der Waals surface area (Å²) < 4.78 is 18.9. The summed E-state index contributed by atoms with van der Waals surface area (Å²) in [6, 6.07) is 12.4. The van der Waals surface area contributed by atoms with Gasteiger partial charge >= 0.3 is 0 Å². The Bertz CT molecular complexity index is 536. The summed E-state index contributed by atoms with van der Waals surface area (Å²) in [6.45, 7) is 0. The van der Waals surface area contributed by atoms with Gasteiger partial charge in [-0.2, -0.15) is 0 Å². The lowest BCUT2D eigenvalue weighted by molar-refractivity contribution is 0.414. The minimum atomic E-state index is -0.289. The standard InChI is InChI=1S/C15H13BrClFO/c1-19-11-7-5-10(6-8-11)9-12(16)15-13(17)3-2-4-14(15)18/h2-8,12H,9H2,1H3. The third kappa shape index (κ3) is 3.48. The van der Waals surface area contributed by atoms with Crippen molar-refractivity contribution in [1.29, 1.82) is 0 Å². The van der Waals surface area contributed by atoms with Gasteiger partial charge in [-0.25, -0.2) is 4.39 Å². The Morgan fingerprint density at radius 1 is 1.21 bits per heavy atom. The van der Waals surface area contributed by atoms with Crippen molar-refractivity contribution in [3.63, 3.8) is 0 Å². The zero-order valence-corrected chi connectivity index (χ0v) is 12.7. The smallest absolute Gasteiger partial charge is 0.129 e. The van der Waals surface area contributed by atoms with E-state index < -0.39 is 0 Å². The largest absolute Gasteiger partial charge is 0.497 e. The van der Waals surface area contributed by atoms with E-state index in [0.717, 1.165) is 11.3 Å². The molecule has 4 heteroatoms. The molecule has 0 aliphatic heterocycles. The molecule has 100 valence electrons. The molecule has 0 aliphatic rings. The van der Waals surface area contributed by atoms with Crippen LogP contribution in [0.15, 0.2) is 42.5 Å². The Kier molecular flexibility index (Phi) is 4.83. The number of hydrogen-bond acceptors (Lipinski definition) is 1. The van der Waals surface area contributed by atoms with Crippen LogP contribution in [0, 0.1) is 5.82 Å². The second kappa shape index (κ2) is 6.40. The number of ether oxygens (including phenoxy) is 1. The Morgan fingerprint density at radius 2 is 1.89 bits per heavy atom. The first-order valence-corrected chi connectivity index (χ1v) is 7.12. The molecule has 0 saturated heterocycles. The van der Waals surface area contributed by atoms with Crippen LogP contribution in [-0.2, 0) is 6.42 Å². The molecule has 1 unspecified atom stereocenters. The quantitative estimate of drug-likeness (QED) is 0.696. The van der Waals surface area contributed by atoms with Crippen molar-refractivity contribution < 1.29 is 9.13 Å². The Balaban J connectivity index is 2.18. The van der Waals surface area contributed by atoms with Crippen LogP contribution >= 0.6 is 27.5 Å². The van der Waals surface area contributed by atoms with Crippen molar-refractivity contribution in [3.05, 3.63) is 64.4 Å². The highest BCUT2D eigenvalue weighted by molar-refractivity contribution is 9.09. The molecule has 1 atom stereocenters. The molecule has 1 nitrogen and oxygen atoms in total. The van der Waals surface area contributed by atoms with Gasteiger partial charge in [-0.1, -0.05) is 45.7 Å². The van der Waals surface area contributed by atoms with E-state index in [0.29, 0.717) is 17.0 Å². The highest BCUT2D eigenvalue weighted by Gasteiger charge is 2.16. The van der Waals surface area contributed by atoms with E-state index in [1.54, 1.807) is 19.2 Å². The zero-order valence-electron chi connectivity index (χ0n) is 10.4. The zero-order chi connectivity index (χ0) is 13.8. The first kappa shape index (κ1) is 14.4. The number of rotatable bonds is 4. The van der Waals surface area contributed by atoms with Gasteiger partial charge in [-0.15, -0.1) is 0 Å². The first-order valence-electron chi connectivity index (χ1n) is 5.82. The van der Waals surface area contributed by atoms with Gasteiger partial charge in [0.15, 0.2) is 0 Å². The predicted octanol–water partition coefficient (Wildman–Crippen LogP) is 5.17. The molecule has 2 aromatic rings. The average molecular weight is 344 g/mol. The van der Waals surface area contributed by atoms with E-state index in [4.69, 9.17) is 16.3 Å². The maximum atomic E-state index is 13.8. The molecule has 2 aromatic carbocycles. The van der Waals surface area contributed by atoms with E-state index in [9.17, 15) is 4.39 Å². The third-order valence-corrected chi connectivity index (χ3v) is 4.00. The van der Waals surface area contributed by atoms with E-state index in [-0.39, 0.29) is 10.6 Å². The number of hydrogen-bond donors (Lipinski definition) is 0. The maximum absolute atomic E-state index is 13.8. The van der Waals surface area contributed by atoms with E-state index in [2.05, 4.69) is 15.9 Å². The fourth-order valence-corrected chi connectivity index (χ4v) is 3.15. The minimum absolute atomic E-state index is 0.158. The van der Waals surface area contributed by atoms with Gasteiger partial charge in [0.2, 0.25) is 0 Å². The molecule has 0 N–H and O–H groups in total. The summed E-state index contributed by atoms with van der Waals surface area (Å²) in [4.78, 5) is -0.158. The number of alkyl halides is 1. The summed E-state index contributed by atoms with van der Waals surface area (Å²) >= 11 is 9.55. The van der Waals surface area contributed by atoms with Gasteiger partial charge in [0.05, 0.1) is 7.11 Å². The van der Waals surface area contributed by atoms with Crippen molar-refractivity contribution in [2.24, 2.45) is 0 Å². The van der Waals surface area contributed by atoms with E-state index >= 15 is 0 Å². The monoisotopic (exact) mass is 342 g/mol. The lowest BCUT2D eigenvalue weighted by Gasteiger charge is -2.13. The van der Waals surface area contributed by atoms with Crippen LogP contribution in [0.2, 0.25) is 5.02 Å². The lowest BCUT2D eigenvalue weighted by atomic mass is 10.0. The Morgan fingerprint density at radius 3 is 2.47 bits per heavy atom. The Labute approximate surface area is 125 Å². The summed E-state index contributed by atoms with van der Waals surface area (Å²) in [7, 11) is 1.63. The molecular formula is C15H13BrClFO. The van der Waals surface area contributed by atoms with Crippen molar-refractivity contribution in [2.75, 3.05) is 7.11 Å². The van der Waals surface area contributed by atoms with E-state index in [1.165, 1.54) is 6.07 Å². The second-order valence-corrected chi connectivity index (χ2v) is 5.67. The highest BCUT2D eigenvalue weighted by atomic mass is 79.9. The molecule has 0 radical (unpaired) electrons. The molecule has 0 amide bonds. The van der Waals surface area contributed by atoms with Gasteiger partial charge in [0.1, 0.15) is 11.6 Å². The maximum Gasteiger partial charge on any atom is 0.129 e. The van der Waals surface area contributed by atoms with Crippen molar-refractivity contribution >= 4 is 27.5 Å². The molecule has 2 rings (SSSR count). The lowest BCUT2D eigenvalue weighted by Crippen LogP contribution is -1.99. The van der Waals surface area contributed by atoms with Crippen LogP contribution < -0.4 is 4.74 Å². The molecule has 0 spiro atoms. The average Bonchev–Trinajstić information content (AvgIpc) is 2.39. The summed E-state index contributed by atoms with van der Waals surface area (Å²) in [5.74, 6) is 0.515. The van der Waals surface area contributed by atoms with Crippen molar-refractivity contribution in [3.8, 4) is 5.75 Å². The molecule has 0 bridgehead atoms. The van der Waals surface area contributed by atoms with Crippen LogP contribution in [-0.4, -0.2) is 7.11 Å². The molecule has 0 heterocycles. The second-order valence-electron chi connectivity index (χ2n) is 4.16. The highest BCUT2D eigenvalue weighted by Crippen LogP contribution is 2.34. The molecule has 0 fully saturated rings. The molecule has 19 heavy (non-hydrogen) atoms. The van der Waals surface area contributed by atoms with Crippen molar-refractivity contribution in [1.82, 2.24) is 0 Å². The van der Waals surface area contributed by atoms with Gasteiger partial charge in [-0.05, 0) is 36.2 Å². The Hall–Kier alpha value is -1.06. The fourth-order valence-electron chi connectivity index (χ4n) is 1.88. The van der Waals surface area contributed by atoms with Crippen LogP contribution in [0.1, 0.15) is 16.0 Å². The van der Waals surface area contributed by atoms with Crippen LogP contribution in [0.25, 0.3) is 0 Å². The minimum Gasteiger partial charge on any atom is -0.497 e. The summed E-state index contributed by atoms with van der Waals surface area (Å²) in [5, 5.41) is 0.440. The number of benzene rings is 2. The van der Waals surface area contributed by atoms with Gasteiger partial charge in [-0.3, -0.25) is 0 Å². The topological polar surface area (TPSA) is 9.23 Å². The normalized spacial score (nSPS) is 12.2. The number of methoxy groups -OCH3 is 1. The SMILES string of the molecule is COc1ccc(CC(Br)c2c(F)cccc2Cl)cc1. The molecular weight excluding hydrogens is 331 g/mol. The van der Waals surface area contributed by atoms with Gasteiger partial charge in [0.25, 0.3) is 0 Å². The van der Waals surface area contributed by atoms with Crippen LogP contribution in [0.5, 0.6) is 5.75 Å². The van der Waals surface area contributed by atoms with E-state index in [1.807, 2.05) is 24.3 Å². The summed E-state index contributed by atoms with van der Waals surface area (Å²) in [5.41, 5.74) is 1.59. The molecule has 0 aliphatic carbocycles. The fraction of sp³-hybridized carbons (Fsp3) is 0.200. The van der Waals surface area contributed by atoms with Gasteiger partial charge < -0.3 is 4.74 Å². The van der Waals surface area contributed by atoms with Crippen LogP contribution in [0.3, 0.4) is 0 Å². The van der Waals surface area contributed by atoms with Crippen molar-refractivity contribution in [2.45, 2.75) is 11.2 Å². The molecule has 0 aromatic heterocycles. The molecule has 0 saturated carbocycles.